The highest BCUT2D eigenvalue weighted by Crippen LogP contribution is 2.32. The summed E-state index contributed by atoms with van der Waals surface area (Å²) in [5, 5.41) is 5.35. The van der Waals surface area contributed by atoms with E-state index in [9.17, 15) is 9.59 Å². The van der Waals surface area contributed by atoms with Crippen molar-refractivity contribution in [3.8, 4) is 0 Å². The molecule has 2 rings (SSSR count). The van der Waals surface area contributed by atoms with E-state index in [0.717, 1.165) is 0 Å². The van der Waals surface area contributed by atoms with Crippen molar-refractivity contribution in [2.75, 3.05) is 5.32 Å². The number of hydrogen-bond donors (Lipinski definition) is 3. The highest BCUT2D eigenvalue weighted by molar-refractivity contribution is 5.98. The third kappa shape index (κ3) is 2.87. The molecule has 0 saturated heterocycles. The summed E-state index contributed by atoms with van der Waals surface area (Å²) in [5.74, 6) is -0.503. The number of carbonyl (C=O) groups excluding carboxylic acids is 2. The van der Waals surface area contributed by atoms with Gasteiger partial charge in [-0.3, -0.25) is 9.59 Å². The zero-order valence-electron chi connectivity index (χ0n) is 10.3. The van der Waals surface area contributed by atoms with Crippen LogP contribution in [0.4, 0.5) is 5.69 Å². The Labute approximate surface area is 106 Å². The van der Waals surface area contributed by atoms with Gasteiger partial charge in [0.25, 0.3) is 0 Å². The maximum Gasteiger partial charge on any atom is 0.246 e. The summed E-state index contributed by atoms with van der Waals surface area (Å²) in [4.78, 5) is 23.5. The highest BCUT2D eigenvalue weighted by Gasteiger charge is 2.46. The molecule has 2 amide bonds. The minimum absolute atomic E-state index is 0.251. The van der Waals surface area contributed by atoms with Gasteiger partial charge in [-0.15, -0.1) is 0 Å². The number of nitrogens with one attached hydrogen (secondary N) is 2. The van der Waals surface area contributed by atoms with Gasteiger partial charge >= 0.3 is 0 Å². The monoisotopic (exact) mass is 247 g/mol. The van der Waals surface area contributed by atoms with Crippen molar-refractivity contribution in [3.05, 3.63) is 30.3 Å². The summed E-state index contributed by atoms with van der Waals surface area (Å²) >= 11 is 0. The lowest BCUT2D eigenvalue weighted by molar-refractivity contribution is -0.127. The summed E-state index contributed by atoms with van der Waals surface area (Å²) in [5.41, 5.74) is 5.70. The second kappa shape index (κ2) is 4.78. The van der Waals surface area contributed by atoms with Crippen LogP contribution in [0, 0.1) is 0 Å². The van der Waals surface area contributed by atoms with E-state index in [1.165, 1.54) is 0 Å². The Morgan fingerprint density at radius 3 is 2.44 bits per heavy atom. The maximum atomic E-state index is 11.8. The van der Waals surface area contributed by atoms with Gasteiger partial charge in [0.05, 0.1) is 5.54 Å². The molecule has 1 unspecified atom stereocenters. The van der Waals surface area contributed by atoms with Crippen LogP contribution in [0.2, 0.25) is 0 Å². The second-order valence-electron chi connectivity index (χ2n) is 4.71. The van der Waals surface area contributed by atoms with Gasteiger partial charge in [0.2, 0.25) is 11.8 Å². The SMILES string of the molecule is CC(NC(=O)C1(N)CC1)C(=O)Nc1ccccc1. The van der Waals surface area contributed by atoms with E-state index in [4.69, 9.17) is 5.73 Å². The fourth-order valence-corrected chi connectivity index (χ4v) is 1.54. The Kier molecular flexibility index (Phi) is 3.34. The molecule has 0 aromatic heterocycles. The fraction of sp³-hybridized carbons (Fsp3) is 0.385. The Morgan fingerprint density at radius 1 is 1.28 bits per heavy atom. The van der Waals surface area contributed by atoms with Crippen LogP contribution in [-0.2, 0) is 9.59 Å². The van der Waals surface area contributed by atoms with Crippen LogP contribution in [0.25, 0.3) is 0 Å². The first-order valence-corrected chi connectivity index (χ1v) is 5.97. The largest absolute Gasteiger partial charge is 0.343 e. The van der Waals surface area contributed by atoms with E-state index in [0.29, 0.717) is 18.5 Å². The smallest absolute Gasteiger partial charge is 0.246 e. The summed E-state index contributed by atoms with van der Waals surface area (Å²) in [6.45, 7) is 1.64. The lowest BCUT2D eigenvalue weighted by Crippen LogP contribution is -2.50. The van der Waals surface area contributed by atoms with Gasteiger partial charge < -0.3 is 16.4 Å². The van der Waals surface area contributed by atoms with Gasteiger partial charge in [-0.25, -0.2) is 0 Å². The Hall–Kier alpha value is -1.88. The molecule has 5 heteroatoms. The van der Waals surface area contributed by atoms with Gasteiger partial charge in [0.15, 0.2) is 0 Å². The van der Waals surface area contributed by atoms with Gasteiger partial charge in [0.1, 0.15) is 6.04 Å². The molecule has 0 heterocycles. The molecule has 0 aliphatic heterocycles. The number of para-hydroxylation sites is 1. The number of amides is 2. The van der Waals surface area contributed by atoms with E-state index in [2.05, 4.69) is 10.6 Å². The van der Waals surface area contributed by atoms with Crippen LogP contribution >= 0.6 is 0 Å². The quantitative estimate of drug-likeness (QED) is 0.729. The van der Waals surface area contributed by atoms with Crippen molar-refractivity contribution < 1.29 is 9.59 Å². The van der Waals surface area contributed by atoms with E-state index in [-0.39, 0.29) is 11.8 Å². The topological polar surface area (TPSA) is 84.2 Å². The summed E-state index contributed by atoms with van der Waals surface area (Å²) in [6, 6.07) is 8.51. The lowest BCUT2D eigenvalue weighted by Gasteiger charge is -2.16. The predicted molar refractivity (Wildman–Crippen MR) is 68.8 cm³/mol. The Bertz CT molecular complexity index is 455. The average Bonchev–Trinajstić information content (AvgIpc) is 3.10. The second-order valence-corrected chi connectivity index (χ2v) is 4.71. The Balaban J connectivity index is 1.87. The zero-order chi connectivity index (χ0) is 13.2. The molecular weight excluding hydrogens is 230 g/mol. The molecule has 18 heavy (non-hydrogen) atoms. The maximum absolute atomic E-state index is 11.8. The molecule has 0 spiro atoms. The van der Waals surface area contributed by atoms with E-state index >= 15 is 0 Å². The summed E-state index contributed by atoms with van der Waals surface area (Å²) in [6.07, 6.45) is 1.37. The molecule has 4 N–H and O–H groups in total. The van der Waals surface area contributed by atoms with Crippen LogP contribution in [0.5, 0.6) is 0 Å². The minimum Gasteiger partial charge on any atom is -0.343 e. The first-order valence-electron chi connectivity index (χ1n) is 5.97. The van der Waals surface area contributed by atoms with Crippen molar-refractivity contribution in [3.63, 3.8) is 0 Å². The van der Waals surface area contributed by atoms with Gasteiger partial charge in [0, 0.05) is 5.69 Å². The lowest BCUT2D eigenvalue weighted by atomic mass is 10.2. The molecule has 1 aliphatic rings. The minimum atomic E-state index is -0.749. The van der Waals surface area contributed by atoms with Crippen LogP contribution < -0.4 is 16.4 Å². The first-order chi connectivity index (χ1) is 8.51. The molecule has 5 nitrogen and oxygen atoms in total. The predicted octanol–water partition coefficient (Wildman–Crippen LogP) is 0.621. The zero-order valence-corrected chi connectivity index (χ0v) is 10.3. The third-order valence-electron chi connectivity index (χ3n) is 3.02. The van der Waals surface area contributed by atoms with Crippen LogP contribution in [0.3, 0.4) is 0 Å². The van der Waals surface area contributed by atoms with E-state index in [1.807, 2.05) is 18.2 Å². The number of anilines is 1. The van der Waals surface area contributed by atoms with E-state index in [1.54, 1.807) is 19.1 Å². The van der Waals surface area contributed by atoms with Crippen LogP contribution in [0.15, 0.2) is 30.3 Å². The highest BCUT2D eigenvalue weighted by atomic mass is 16.2. The summed E-state index contributed by atoms with van der Waals surface area (Å²) in [7, 11) is 0. The molecule has 1 saturated carbocycles. The Morgan fingerprint density at radius 2 is 1.89 bits per heavy atom. The van der Waals surface area contributed by atoms with Crippen molar-refractivity contribution in [2.45, 2.75) is 31.3 Å². The standard InChI is InChI=1S/C13H17N3O2/c1-9(15-12(18)13(14)7-8-13)11(17)16-10-5-3-2-4-6-10/h2-6,9H,7-8,14H2,1H3,(H,15,18)(H,16,17). The number of nitrogens with two attached hydrogens (primary N) is 1. The van der Waals surface area contributed by atoms with Crippen molar-refractivity contribution in [1.29, 1.82) is 0 Å². The molecule has 96 valence electrons. The molecule has 0 radical (unpaired) electrons. The van der Waals surface area contributed by atoms with Gasteiger partial charge in [-0.1, -0.05) is 18.2 Å². The van der Waals surface area contributed by atoms with Gasteiger partial charge in [-0.2, -0.15) is 0 Å². The molecule has 1 fully saturated rings. The van der Waals surface area contributed by atoms with Crippen LogP contribution in [-0.4, -0.2) is 23.4 Å². The summed E-state index contributed by atoms with van der Waals surface area (Å²) < 4.78 is 0. The molecule has 1 aromatic carbocycles. The van der Waals surface area contributed by atoms with Gasteiger partial charge in [-0.05, 0) is 31.9 Å². The molecular formula is C13H17N3O2. The molecule has 1 aliphatic carbocycles. The van der Waals surface area contributed by atoms with Crippen molar-refractivity contribution >= 4 is 17.5 Å². The third-order valence-corrected chi connectivity index (χ3v) is 3.02. The van der Waals surface area contributed by atoms with E-state index < -0.39 is 11.6 Å². The van der Waals surface area contributed by atoms with Crippen molar-refractivity contribution in [2.24, 2.45) is 5.73 Å². The first kappa shape index (κ1) is 12.6. The molecule has 1 atom stereocenters. The number of rotatable bonds is 4. The average molecular weight is 247 g/mol. The molecule has 1 aromatic rings. The fourth-order valence-electron chi connectivity index (χ4n) is 1.54. The van der Waals surface area contributed by atoms with Crippen molar-refractivity contribution in [1.82, 2.24) is 5.32 Å². The normalized spacial score (nSPS) is 17.7. The number of hydrogen-bond acceptors (Lipinski definition) is 3. The number of benzene rings is 1. The van der Waals surface area contributed by atoms with Crippen LogP contribution in [0.1, 0.15) is 19.8 Å². The molecule has 0 bridgehead atoms. The number of carbonyl (C=O) groups is 2.